The normalized spacial score (nSPS) is 11.0. The standard InChI is InChI=1S/C22H18ClN3O3S/c1-13-16-11-18(23)20(29-22-25-7-4-8-26-22)12-19(16)28-21(27)17(13)10-14-5-3-6-15(9-14)30-24-2/h3-9,11-12,24H,10H2,1-2H3. The molecule has 0 aliphatic rings. The predicted molar refractivity (Wildman–Crippen MR) is 119 cm³/mol. The van der Waals surface area contributed by atoms with Crippen LogP contribution in [0, 0.1) is 6.92 Å². The topological polar surface area (TPSA) is 77.2 Å². The Kier molecular flexibility index (Phi) is 6.03. The van der Waals surface area contributed by atoms with Crippen LogP contribution in [0.15, 0.2) is 69.0 Å². The summed E-state index contributed by atoms with van der Waals surface area (Å²) in [7, 11) is 1.87. The Morgan fingerprint density at radius 3 is 2.73 bits per heavy atom. The lowest BCUT2D eigenvalue weighted by atomic mass is 9.99. The molecule has 2 aromatic carbocycles. The Labute approximate surface area is 182 Å². The first kappa shape index (κ1) is 20.4. The lowest BCUT2D eigenvalue weighted by Gasteiger charge is -2.11. The number of aryl methyl sites for hydroxylation is 1. The molecule has 0 atom stereocenters. The number of halogens is 1. The van der Waals surface area contributed by atoms with Crippen LogP contribution in [0.3, 0.4) is 0 Å². The van der Waals surface area contributed by atoms with E-state index in [1.807, 2.05) is 38.2 Å². The van der Waals surface area contributed by atoms with E-state index in [2.05, 4.69) is 14.7 Å². The van der Waals surface area contributed by atoms with Crippen molar-refractivity contribution >= 4 is 34.5 Å². The lowest BCUT2D eigenvalue weighted by Crippen LogP contribution is -2.11. The smallest absolute Gasteiger partial charge is 0.340 e. The molecule has 8 heteroatoms. The first-order chi connectivity index (χ1) is 14.5. The number of hydrogen-bond acceptors (Lipinski definition) is 7. The minimum atomic E-state index is -0.379. The number of aromatic nitrogens is 2. The highest BCUT2D eigenvalue weighted by Gasteiger charge is 2.16. The Balaban J connectivity index is 1.72. The van der Waals surface area contributed by atoms with Gasteiger partial charge in [0.2, 0.25) is 0 Å². The number of nitrogens with zero attached hydrogens (tertiary/aromatic N) is 2. The maximum atomic E-state index is 12.7. The molecule has 0 fully saturated rings. The van der Waals surface area contributed by atoms with E-state index in [4.69, 9.17) is 20.8 Å². The van der Waals surface area contributed by atoms with Crippen molar-refractivity contribution in [1.82, 2.24) is 14.7 Å². The van der Waals surface area contributed by atoms with Gasteiger partial charge in [-0.25, -0.2) is 14.8 Å². The van der Waals surface area contributed by atoms with Crippen molar-refractivity contribution in [1.29, 1.82) is 0 Å². The van der Waals surface area contributed by atoms with Crippen LogP contribution in [-0.4, -0.2) is 17.0 Å². The predicted octanol–water partition coefficient (Wildman–Crippen LogP) is 5.15. The van der Waals surface area contributed by atoms with Crippen molar-refractivity contribution in [2.75, 3.05) is 7.05 Å². The molecule has 0 unspecified atom stereocenters. The molecule has 0 radical (unpaired) electrons. The van der Waals surface area contributed by atoms with Crippen LogP contribution in [0.2, 0.25) is 5.02 Å². The van der Waals surface area contributed by atoms with Gasteiger partial charge in [-0.15, -0.1) is 0 Å². The summed E-state index contributed by atoms with van der Waals surface area (Å²) in [6.07, 6.45) is 3.60. The van der Waals surface area contributed by atoms with Gasteiger partial charge < -0.3 is 9.15 Å². The van der Waals surface area contributed by atoms with E-state index in [0.29, 0.717) is 28.3 Å². The molecule has 0 bridgehead atoms. The van der Waals surface area contributed by atoms with Crippen molar-refractivity contribution in [3.8, 4) is 11.8 Å². The Morgan fingerprint density at radius 2 is 1.97 bits per heavy atom. The Morgan fingerprint density at radius 1 is 1.17 bits per heavy atom. The molecule has 6 nitrogen and oxygen atoms in total. The molecule has 30 heavy (non-hydrogen) atoms. The highest BCUT2D eigenvalue weighted by molar-refractivity contribution is 7.97. The van der Waals surface area contributed by atoms with Crippen molar-refractivity contribution < 1.29 is 9.15 Å². The van der Waals surface area contributed by atoms with Gasteiger partial charge in [0.25, 0.3) is 0 Å². The summed E-state index contributed by atoms with van der Waals surface area (Å²) in [5.41, 5.74) is 2.48. The summed E-state index contributed by atoms with van der Waals surface area (Å²) in [4.78, 5) is 21.9. The molecular weight excluding hydrogens is 422 g/mol. The molecule has 0 spiro atoms. The molecule has 2 aromatic heterocycles. The molecule has 0 amide bonds. The third-order valence-electron chi connectivity index (χ3n) is 4.58. The van der Waals surface area contributed by atoms with Crippen LogP contribution < -0.4 is 15.1 Å². The van der Waals surface area contributed by atoms with Gasteiger partial charge in [0.1, 0.15) is 5.58 Å². The molecular formula is C22H18ClN3O3S. The summed E-state index contributed by atoms with van der Waals surface area (Å²) in [5, 5.41) is 1.14. The molecule has 0 aliphatic carbocycles. The first-order valence-electron chi connectivity index (χ1n) is 9.18. The van der Waals surface area contributed by atoms with Crippen molar-refractivity contribution in [3.05, 3.63) is 87.0 Å². The third-order valence-corrected chi connectivity index (χ3v) is 5.57. The Bertz CT molecular complexity index is 1260. The lowest BCUT2D eigenvalue weighted by molar-refractivity contribution is 0.441. The molecule has 4 aromatic rings. The minimum Gasteiger partial charge on any atom is -0.423 e. The summed E-state index contributed by atoms with van der Waals surface area (Å²) in [6.45, 7) is 1.90. The summed E-state index contributed by atoms with van der Waals surface area (Å²) in [5.74, 6) is 0.322. The van der Waals surface area contributed by atoms with E-state index in [-0.39, 0.29) is 11.6 Å². The highest BCUT2D eigenvalue weighted by Crippen LogP contribution is 2.34. The molecule has 1 N–H and O–H groups in total. The Hall–Kier alpha value is -2.87. The number of benzene rings is 2. The molecule has 152 valence electrons. The van der Waals surface area contributed by atoms with E-state index in [1.54, 1.807) is 30.6 Å². The quantitative estimate of drug-likeness (QED) is 0.328. The molecule has 4 rings (SSSR count). The third kappa shape index (κ3) is 4.33. The van der Waals surface area contributed by atoms with E-state index in [0.717, 1.165) is 21.4 Å². The number of nitrogens with one attached hydrogen (secondary N) is 1. The van der Waals surface area contributed by atoms with Crippen LogP contribution in [-0.2, 0) is 6.42 Å². The van der Waals surface area contributed by atoms with E-state index >= 15 is 0 Å². The van der Waals surface area contributed by atoms with E-state index in [1.165, 1.54) is 11.9 Å². The zero-order valence-electron chi connectivity index (χ0n) is 16.3. The van der Waals surface area contributed by atoms with Crippen LogP contribution in [0.4, 0.5) is 0 Å². The van der Waals surface area contributed by atoms with Gasteiger partial charge in [-0.1, -0.05) is 23.7 Å². The van der Waals surface area contributed by atoms with Crippen LogP contribution in [0.5, 0.6) is 11.8 Å². The monoisotopic (exact) mass is 439 g/mol. The second-order valence-electron chi connectivity index (χ2n) is 6.54. The summed E-state index contributed by atoms with van der Waals surface area (Å²) >= 11 is 7.94. The van der Waals surface area contributed by atoms with Gasteiger partial charge in [-0.2, -0.15) is 0 Å². The van der Waals surface area contributed by atoms with Gasteiger partial charge >= 0.3 is 11.6 Å². The van der Waals surface area contributed by atoms with Crippen LogP contribution in [0.1, 0.15) is 16.7 Å². The van der Waals surface area contributed by atoms with Crippen LogP contribution >= 0.6 is 23.5 Å². The van der Waals surface area contributed by atoms with Gasteiger partial charge in [0.15, 0.2) is 5.75 Å². The number of fused-ring (bicyclic) bond motifs is 1. The number of rotatable bonds is 6. The highest BCUT2D eigenvalue weighted by atomic mass is 35.5. The van der Waals surface area contributed by atoms with Crippen molar-refractivity contribution in [2.24, 2.45) is 0 Å². The summed E-state index contributed by atoms with van der Waals surface area (Å²) < 4.78 is 14.3. The molecule has 0 aliphatic heterocycles. The average Bonchev–Trinajstić information content (AvgIpc) is 2.74. The van der Waals surface area contributed by atoms with Gasteiger partial charge in [0, 0.05) is 40.7 Å². The largest absolute Gasteiger partial charge is 0.423 e. The second kappa shape index (κ2) is 8.87. The van der Waals surface area contributed by atoms with Crippen molar-refractivity contribution in [3.63, 3.8) is 0 Å². The van der Waals surface area contributed by atoms with Gasteiger partial charge in [-0.3, -0.25) is 4.72 Å². The minimum absolute atomic E-state index is 0.161. The maximum Gasteiger partial charge on any atom is 0.340 e. The SMILES string of the molecule is CNSc1cccc(Cc2c(C)c3cc(Cl)c(Oc4ncccn4)cc3oc2=O)c1. The van der Waals surface area contributed by atoms with Gasteiger partial charge in [-0.05, 0) is 61.3 Å². The molecule has 2 heterocycles. The van der Waals surface area contributed by atoms with E-state index in [9.17, 15) is 4.79 Å². The second-order valence-corrected chi connectivity index (χ2v) is 8.03. The first-order valence-corrected chi connectivity index (χ1v) is 10.4. The fourth-order valence-electron chi connectivity index (χ4n) is 3.15. The zero-order valence-corrected chi connectivity index (χ0v) is 17.9. The maximum absolute atomic E-state index is 12.7. The molecule has 0 saturated heterocycles. The fourth-order valence-corrected chi connectivity index (χ4v) is 3.94. The van der Waals surface area contributed by atoms with Gasteiger partial charge in [0.05, 0.1) is 5.02 Å². The summed E-state index contributed by atoms with van der Waals surface area (Å²) in [6, 6.07) is 13.2. The van der Waals surface area contributed by atoms with Crippen molar-refractivity contribution in [2.45, 2.75) is 18.2 Å². The zero-order chi connectivity index (χ0) is 21.1. The molecule has 0 saturated carbocycles. The van der Waals surface area contributed by atoms with Crippen LogP contribution in [0.25, 0.3) is 11.0 Å². The number of ether oxygens (including phenoxy) is 1. The van der Waals surface area contributed by atoms with E-state index < -0.39 is 0 Å². The average molecular weight is 440 g/mol. The number of hydrogen-bond donors (Lipinski definition) is 1. The fraction of sp³-hybridized carbons (Fsp3) is 0.136.